The Hall–Kier alpha value is -0.560. The van der Waals surface area contributed by atoms with Crippen molar-refractivity contribution >= 4 is 0 Å². The molecule has 1 rings (SSSR count). The Bertz CT molecular complexity index is 318. The molecule has 1 N–H and O–H groups in total. The lowest BCUT2D eigenvalue weighted by molar-refractivity contribution is 0.0803. The van der Waals surface area contributed by atoms with Gasteiger partial charge in [-0.2, -0.15) is 0 Å². The Balaban J connectivity index is 1.76. The average Bonchev–Trinajstić information content (AvgIpc) is 2.56. The van der Waals surface area contributed by atoms with Gasteiger partial charge in [-0.15, -0.1) is 0 Å². The van der Waals surface area contributed by atoms with E-state index >= 15 is 0 Å². The molecule has 0 aromatic carbocycles. The van der Waals surface area contributed by atoms with Crippen LogP contribution in [0, 0.1) is 0 Å². The minimum Gasteiger partial charge on any atom is -0.385 e. The Morgan fingerprint density at radius 3 is 1.61 bits per heavy atom. The molecular formula is C22H40O. The molecular weight excluding hydrogens is 280 g/mol. The molecule has 1 aliphatic rings. The molecule has 0 aromatic heterocycles. The molecule has 1 unspecified atom stereocenters. The van der Waals surface area contributed by atoms with Gasteiger partial charge in [0.2, 0.25) is 0 Å². The number of unbranched alkanes of at least 4 members (excludes halogenated alkanes) is 13. The van der Waals surface area contributed by atoms with E-state index in [1.54, 1.807) is 0 Å². The van der Waals surface area contributed by atoms with Crippen LogP contribution >= 0.6 is 0 Å². The molecule has 0 radical (unpaired) electrons. The number of allylic oxidation sites excluding steroid dienone is 2. The van der Waals surface area contributed by atoms with Crippen LogP contribution in [0.3, 0.4) is 0 Å². The number of aliphatic hydroxyl groups is 1. The molecule has 0 saturated carbocycles. The minimum atomic E-state index is -0.550. The molecule has 0 aliphatic heterocycles. The topological polar surface area (TPSA) is 20.2 Å². The first-order valence-corrected chi connectivity index (χ1v) is 10.3. The van der Waals surface area contributed by atoms with Crippen molar-refractivity contribution in [2.45, 2.75) is 115 Å². The second kappa shape index (κ2) is 13.8. The van der Waals surface area contributed by atoms with Crippen LogP contribution in [-0.2, 0) is 0 Å². The third-order valence-corrected chi connectivity index (χ3v) is 5.09. The van der Waals surface area contributed by atoms with E-state index in [9.17, 15) is 5.11 Å². The van der Waals surface area contributed by atoms with Crippen LogP contribution in [0.5, 0.6) is 0 Å². The van der Waals surface area contributed by atoms with Gasteiger partial charge in [0.1, 0.15) is 0 Å². The standard InChI is InChI=1S/C22H40O/c1-2-3-4-5-6-7-8-9-10-11-12-13-14-16-19-22(23)20-17-15-18-21-22/h15,17-18,20,23H,2-14,16,19,21H2,1H3. The third kappa shape index (κ3) is 11.6. The summed E-state index contributed by atoms with van der Waals surface area (Å²) < 4.78 is 0. The molecule has 0 bridgehead atoms. The molecule has 0 heterocycles. The summed E-state index contributed by atoms with van der Waals surface area (Å²) in [7, 11) is 0. The van der Waals surface area contributed by atoms with Gasteiger partial charge in [0.15, 0.2) is 0 Å². The highest BCUT2D eigenvalue weighted by Gasteiger charge is 2.22. The van der Waals surface area contributed by atoms with Crippen LogP contribution in [0.15, 0.2) is 24.3 Å². The summed E-state index contributed by atoms with van der Waals surface area (Å²) in [5, 5.41) is 10.3. The fourth-order valence-electron chi connectivity index (χ4n) is 3.46. The first-order valence-electron chi connectivity index (χ1n) is 10.3. The highest BCUT2D eigenvalue weighted by Crippen LogP contribution is 2.24. The van der Waals surface area contributed by atoms with Crippen molar-refractivity contribution in [3.05, 3.63) is 24.3 Å². The lowest BCUT2D eigenvalue weighted by Gasteiger charge is -2.24. The second-order valence-corrected chi connectivity index (χ2v) is 7.44. The molecule has 0 spiro atoms. The highest BCUT2D eigenvalue weighted by atomic mass is 16.3. The fraction of sp³-hybridized carbons (Fsp3) is 0.818. The molecule has 0 fully saturated rings. The van der Waals surface area contributed by atoms with Gasteiger partial charge < -0.3 is 5.11 Å². The first-order chi connectivity index (χ1) is 11.3. The fourth-order valence-corrected chi connectivity index (χ4v) is 3.46. The number of hydrogen-bond acceptors (Lipinski definition) is 1. The van der Waals surface area contributed by atoms with Crippen molar-refractivity contribution < 1.29 is 5.11 Å². The van der Waals surface area contributed by atoms with Crippen molar-refractivity contribution in [3.8, 4) is 0 Å². The van der Waals surface area contributed by atoms with Gasteiger partial charge in [0.05, 0.1) is 5.60 Å². The summed E-state index contributed by atoms with van der Waals surface area (Å²) >= 11 is 0. The largest absolute Gasteiger partial charge is 0.385 e. The quantitative estimate of drug-likeness (QED) is 0.319. The maximum Gasteiger partial charge on any atom is 0.0865 e. The van der Waals surface area contributed by atoms with Crippen LogP contribution in [0.2, 0.25) is 0 Å². The Kier molecular flexibility index (Phi) is 12.3. The zero-order chi connectivity index (χ0) is 16.6. The summed E-state index contributed by atoms with van der Waals surface area (Å²) in [5.41, 5.74) is -0.550. The van der Waals surface area contributed by atoms with E-state index in [1.165, 1.54) is 83.5 Å². The van der Waals surface area contributed by atoms with E-state index in [4.69, 9.17) is 0 Å². The number of hydrogen-bond donors (Lipinski definition) is 1. The molecule has 134 valence electrons. The SMILES string of the molecule is CCCCCCCCCCCCCCCCC1(O)C=CC=CC1. The average molecular weight is 321 g/mol. The minimum absolute atomic E-state index is 0.550. The van der Waals surface area contributed by atoms with Crippen molar-refractivity contribution in [3.63, 3.8) is 0 Å². The third-order valence-electron chi connectivity index (χ3n) is 5.09. The summed E-state index contributed by atoms with van der Waals surface area (Å²) in [6.45, 7) is 2.28. The Labute approximate surface area is 145 Å². The Morgan fingerprint density at radius 1 is 0.696 bits per heavy atom. The second-order valence-electron chi connectivity index (χ2n) is 7.44. The zero-order valence-corrected chi connectivity index (χ0v) is 15.6. The van der Waals surface area contributed by atoms with Crippen LogP contribution in [0.1, 0.15) is 110 Å². The molecule has 1 atom stereocenters. The highest BCUT2D eigenvalue weighted by molar-refractivity contribution is 5.17. The summed E-state index contributed by atoms with van der Waals surface area (Å²) in [6.07, 6.45) is 29.2. The summed E-state index contributed by atoms with van der Waals surface area (Å²) in [6, 6.07) is 0. The van der Waals surface area contributed by atoms with Gasteiger partial charge >= 0.3 is 0 Å². The van der Waals surface area contributed by atoms with Crippen LogP contribution in [-0.4, -0.2) is 10.7 Å². The van der Waals surface area contributed by atoms with Gasteiger partial charge in [0.25, 0.3) is 0 Å². The maximum absolute atomic E-state index is 10.3. The number of rotatable bonds is 15. The summed E-state index contributed by atoms with van der Waals surface area (Å²) in [5.74, 6) is 0. The van der Waals surface area contributed by atoms with Gasteiger partial charge in [-0.1, -0.05) is 121 Å². The van der Waals surface area contributed by atoms with Crippen molar-refractivity contribution in [1.29, 1.82) is 0 Å². The monoisotopic (exact) mass is 320 g/mol. The van der Waals surface area contributed by atoms with Crippen molar-refractivity contribution in [2.24, 2.45) is 0 Å². The molecule has 0 aromatic rings. The van der Waals surface area contributed by atoms with E-state index in [2.05, 4.69) is 13.0 Å². The van der Waals surface area contributed by atoms with E-state index in [1.807, 2.05) is 18.2 Å². The van der Waals surface area contributed by atoms with E-state index in [-0.39, 0.29) is 0 Å². The predicted molar refractivity (Wildman–Crippen MR) is 103 cm³/mol. The lowest BCUT2D eigenvalue weighted by Crippen LogP contribution is -2.25. The predicted octanol–water partition coefficient (Wildman–Crippen LogP) is 7.11. The normalized spacial score (nSPS) is 20.3. The molecule has 0 saturated heterocycles. The van der Waals surface area contributed by atoms with Gasteiger partial charge in [-0.05, 0) is 12.8 Å². The summed E-state index contributed by atoms with van der Waals surface area (Å²) in [4.78, 5) is 0. The molecule has 1 nitrogen and oxygen atoms in total. The lowest BCUT2D eigenvalue weighted by atomic mass is 9.89. The van der Waals surface area contributed by atoms with Gasteiger partial charge in [0, 0.05) is 0 Å². The smallest absolute Gasteiger partial charge is 0.0865 e. The van der Waals surface area contributed by atoms with Gasteiger partial charge in [-0.25, -0.2) is 0 Å². The molecule has 1 aliphatic carbocycles. The van der Waals surface area contributed by atoms with E-state index in [0.29, 0.717) is 0 Å². The molecule has 23 heavy (non-hydrogen) atoms. The van der Waals surface area contributed by atoms with E-state index < -0.39 is 5.60 Å². The zero-order valence-electron chi connectivity index (χ0n) is 15.6. The van der Waals surface area contributed by atoms with Gasteiger partial charge in [-0.3, -0.25) is 0 Å². The Morgan fingerprint density at radius 2 is 1.17 bits per heavy atom. The van der Waals surface area contributed by atoms with Crippen molar-refractivity contribution in [1.82, 2.24) is 0 Å². The molecule has 1 heteroatoms. The first kappa shape index (κ1) is 20.5. The van der Waals surface area contributed by atoms with Crippen LogP contribution in [0.25, 0.3) is 0 Å². The van der Waals surface area contributed by atoms with E-state index in [0.717, 1.165) is 19.3 Å². The van der Waals surface area contributed by atoms with Crippen molar-refractivity contribution in [2.75, 3.05) is 0 Å². The maximum atomic E-state index is 10.3. The molecule has 0 amide bonds. The van der Waals surface area contributed by atoms with Crippen LogP contribution in [0.4, 0.5) is 0 Å². The van der Waals surface area contributed by atoms with Crippen LogP contribution < -0.4 is 0 Å².